The van der Waals surface area contributed by atoms with Crippen molar-refractivity contribution in [3.05, 3.63) is 113 Å². The maximum atomic E-state index is 13.8. The van der Waals surface area contributed by atoms with Crippen LogP contribution in [0.4, 0.5) is 0 Å². The van der Waals surface area contributed by atoms with Gasteiger partial charge in [-0.05, 0) is 42.7 Å². The summed E-state index contributed by atoms with van der Waals surface area (Å²) in [5.74, 6) is -0.416. The highest BCUT2D eigenvalue weighted by atomic mass is 35.5. The highest BCUT2D eigenvalue weighted by molar-refractivity contribution is 6.30. The molecule has 1 aliphatic heterocycles. The van der Waals surface area contributed by atoms with Crippen molar-refractivity contribution in [2.24, 2.45) is 0 Å². The lowest BCUT2D eigenvalue weighted by molar-refractivity contribution is -0.133. The largest absolute Gasteiger partial charge is 0.350 e. The Kier molecular flexibility index (Phi) is 6.61. The molecule has 4 aromatic rings. The molecule has 182 valence electrons. The average Bonchev–Trinajstić information content (AvgIpc) is 3.33. The molecule has 7 heteroatoms. The Morgan fingerprint density at radius 2 is 1.64 bits per heavy atom. The van der Waals surface area contributed by atoms with Gasteiger partial charge in [0.2, 0.25) is 5.91 Å². The molecule has 0 aliphatic carbocycles. The molecule has 1 N–H and O–H groups in total. The normalized spacial score (nSPS) is 17.1. The molecule has 36 heavy (non-hydrogen) atoms. The first-order valence-corrected chi connectivity index (χ1v) is 12.3. The molecule has 6 nitrogen and oxygen atoms in total. The van der Waals surface area contributed by atoms with E-state index in [0.717, 1.165) is 16.7 Å². The first kappa shape index (κ1) is 23.8. The summed E-state index contributed by atoms with van der Waals surface area (Å²) in [4.78, 5) is 29.1. The van der Waals surface area contributed by atoms with Gasteiger partial charge < -0.3 is 10.2 Å². The number of amides is 2. The predicted molar refractivity (Wildman–Crippen MR) is 141 cm³/mol. The number of aromatic nitrogens is 2. The van der Waals surface area contributed by atoms with Gasteiger partial charge in [-0.25, -0.2) is 0 Å². The van der Waals surface area contributed by atoms with Crippen molar-refractivity contribution < 1.29 is 9.59 Å². The smallest absolute Gasteiger partial charge is 0.273 e. The predicted octanol–water partition coefficient (Wildman–Crippen LogP) is 4.98. The van der Waals surface area contributed by atoms with E-state index >= 15 is 0 Å². The second kappa shape index (κ2) is 9.99. The van der Waals surface area contributed by atoms with E-state index in [4.69, 9.17) is 16.7 Å². The van der Waals surface area contributed by atoms with Crippen LogP contribution < -0.4 is 5.32 Å². The highest BCUT2D eigenvalue weighted by Gasteiger charge is 2.47. The van der Waals surface area contributed by atoms with E-state index in [-0.39, 0.29) is 18.4 Å². The molecule has 1 aromatic heterocycles. The SMILES string of the molecule is CC1(C(=O)NCc2ccccc2)Cn2nc(-c3ccccc3)cc2C(=O)N1CCc1ccc(Cl)cc1. The minimum Gasteiger partial charge on any atom is -0.350 e. The Bertz CT molecular complexity index is 1370. The van der Waals surface area contributed by atoms with Gasteiger partial charge in [0.15, 0.2) is 0 Å². The van der Waals surface area contributed by atoms with Gasteiger partial charge in [-0.15, -0.1) is 0 Å². The van der Waals surface area contributed by atoms with Crippen LogP contribution in [0.15, 0.2) is 91.0 Å². The zero-order chi connectivity index (χ0) is 25.1. The minimum absolute atomic E-state index is 0.206. The van der Waals surface area contributed by atoms with Crippen LogP contribution in [-0.4, -0.2) is 38.6 Å². The number of benzene rings is 3. The molecule has 0 radical (unpaired) electrons. The second-order valence-electron chi connectivity index (χ2n) is 9.21. The minimum atomic E-state index is -1.11. The lowest BCUT2D eigenvalue weighted by Gasteiger charge is -2.43. The number of hydrogen-bond donors (Lipinski definition) is 1. The van der Waals surface area contributed by atoms with Crippen molar-refractivity contribution in [2.45, 2.75) is 32.0 Å². The van der Waals surface area contributed by atoms with Crippen LogP contribution in [-0.2, 0) is 24.3 Å². The molecule has 0 bridgehead atoms. The zero-order valence-corrected chi connectivity index (χ0v) is 20.8. The summed E-state index contributed by atoms with van der Waals surface area (Å²) in [6, 6.07) is 28.9. The van der Waals surface area contributed by atoms with Crippen LogP contribution in [0.2, 0.25) is 5.02 Å². The van der Waals surface area contributed by atoms with Gasteiger partial charge >= 0.3 is 0 Å². The second-order valence-corrected chi connectivity index (χ2v) is 9.65. The van der Waals surface area contributed by atoms with Crippen LogP contribution >= 0.6 is 11.6 Å². The van der Waals surface area contributed by atoms with E-state index in [1.54, 1.807) is 9.58 Å². The third kappa shape index (κ3) is 4.77. The fraction of sp³-hybridized carbons (Fsp3) is 0.207. The number of nitrogens with zero attached hydrogens (tertiary/aromatic N) is 3. The first-order chi connectivity index (χ1) is 17.4. The van der Waals surface area contributed by atoms with Gasteiger partial charge in [0.05, 0.1) is 12.2 Å². The summed E-state index contributed by atoms with van der Waals surface area (Å²) < 4.78 is 1.67. The average molecular weight is 499 g/mol. The molecule has 5 rings (SSSR count). The molecule has 0 fully saturated rings. The van der Waals surface area contributed by atoms with Gasteiger partial charge in [-0.1, -0.05) is 84.4 Å². The summed E-state index contributed by atoms with van der Waals surface area (Å²) in [6.07, 6.45) is 0.601. The van der Waals surface area contributed by atoms with Crippen molar-refractivity contribution in [2.75, 3.05) is 6.54 Å². The zero-order valence-electron chi connectivity index (χ0n) is 20.0. The van der Waals surface area contributed by atoms with Crippen LogP contribution in [0.5, 0.6) is 0 Å². The number of halogens is 1. The molecule has 1 atom stereocenters. The van der Waals surface area contributed by atoms with E-state index in [1.165, 1.54) is 0 Å². The number of nitrogens with one attached hydrogen (secondary N) is 1. The maximum Gasteiger partial charge on any atom is 0.273 e. The summed E-state index contributed by atoms with van der Waals surface area (Å²) in [7, 11) is 0. The molecular weight excluding hydrogens is 472 g/mol. The standard InChI is InChI=1S/C29H27ClN4O2/c1-29(28(36)31-19-22-8-4-2-5-9-22)20-34-26(18-25(32-34)23-10-6-3-7-11-23)27(35)33(29)17-16-21-12-14-24(30)15-13-21/h2-15,18H,16-17,19-20H2,1H3,(H,31,36). The van der Waals surface area contributed by atoms with Gasteiger partial charge in [0.25, 0.3) is 5.91 Å². The number of carbonyl (C=O) groups is 2. The summed E-state index contributed by atoms with van der Waals surface area (Å²) in [5.41, 5.74) is 3.06. The molecule has 2 amide bonds. The molecule has 3 aromatic carbocycles. The van der Waals surface area contributed by atoms with Gasteiger partial charge in [0, 0.05) is 23.7 Å². The maximum absolute atomic E-state index is 13.8. The van der Waals surface area contributed by atoms with Crippen LogP contribution in [0, 0.1) is 0 Å². The summed E-state index contributed by atoms with van der Waals surface area (Å²) >= 11 is 6.04. The van der Waals surface area contributed by atoms with Crippen molar-refractivity contribution in [3.8, 4) is 11.3 Å². The van der Waals surface area contributed by atoms with Gasteiger partial charge in [0.1, 0.15) is 11.2 Å². The van der Waals surface area contributed by atoms with E-state index in [9.17, 15) is 9.59 Å². The van der Waals surface area contributed by atoms with Crippen molar-refractivity contribution in [1.29, 1.82) is 0 Å². The number of carbonyl (C=O) groups excluding carboxylic acids is 2. The molecule has 1 unspecified atom stereocenters. The van der Waals surface area contributed by atoms with Crippen LogP contribution in [0.3, 0.4) is 0 Å². The topological polar surface area (TPSA) is 67.2 Å². The summed E-state index contributed by atoms with van der Waals surface area (Å²) in [6.45, 7) is 2.86. The molecule has 0 saturated carbocycles. The Hall–Kier alpha value is -3.90. The number of fused-ring (bicyclic) bond motifs is 1. The Labute approximate surface area is 215 Å². The van der Waals surface area contributed by atoms with E-state index in [1.807, 2.05) is 97.9 Å². The molecule has 2 heterocycles. The quantitative estimate of drug-likeness (QED) is 0.391. The molecule has 1 aliphatic rings. The molecule has 0 saturated heterocycles. The third-order valence-corrected chi connectivity index (χ3v) is 6.94. The Balaban J connectivity index is 1.45. The lowest BCUT2D eigenvalue weighted by Crippen LogP contribution is -2.64. The van der Waals surface area contributed by atoms with Crippen LogP contribution in [0.25, 0.3) is 11.3 Å². The van der Waals surface area contributed by atoms with Crippen molar-refractivity contribution >= 4 is 23.4 Å². The van der Waals surface area contributed by atoms with Gasteiger partial charge in [-0.2, -0.15) is 5.10 Å². The Morgan fingerprint density at radius 1 is 0.972 bits per heavy atom. The van der Waals surface area contributed by atoms with Crippen molar-refractivity contribution in [1.82, 2.24) is 20.0 Å². The van der Waals surface area contributed by atoms with E-state index in [2.05, 4.69) is 5.32 Å². The third-order valence-electron chi connectivity index (χ3n) is 6.69. The first-order valence-electron chi connectivity index (χ1n) is 12.0. The van der Waals surface area contributed by atoms with E-state index < -0.39 is 5.54 Å². The van der Waals surface area contributed by atoms with Crippen LogP contribution in [0.1, 0.15) is 28.5 Å². The number of hydrogen-bond acceptors (Lipinski definition) is 3. The fourth-order valence-electron chi connectivity index (χ4n) is 4.60. The fourth-order valence-corrected chi connectivity index (χ4v) is 4.73. The Morgan fingerprint density at radius 3 is 2.33 bits per heavy atom. The highest BCUT2D eigenvalue weighted by Crippen LogP contribution is 2.30. The summed E-state index contributed by atoms with van der Waals surface area (Å²) in [5, 5.41) is 8.41. The molecular formula is C29H27ClN4O2. The number of rotatable bonds is 7. The lowest BCUT2D eigenvalue weighted by atomic mass is 9.94. The van der Waals surface area contributed by atoms with Gasteiger partial charge in [-0.3, -0.25) is 14.3 Å². The molecule has 0 spiro atoms. The van der Waals surface area contributed by atoms with E-state index in [0.29, 0.717) is 35.9 Å². The van der Waals surface area contributed by atoms with Crippen molar-refractivity contribution in [3.63, 3.8) is 0 Å². The monoisotopic (exact) mass is 498 g/mol.